The zero-order valence-electron chi connectivity index (χ0n) is 14.8. The highest BCUT2D eigenvalue weighted by atomic mass is 32.2. The molecule has 0 atom stereocenters. The number of carbonyl (C=O) groups excluding carboxylic acids is 1. The molecule has 27 heavy (non-hydrogen) atoms. The zero-order valence-corrected chi connectivity index (χ0v) is 16.4. The van der Waals surface area contributed by atoms with Gasteiger partial charge in [-0.05, 0) is 32.4 Å². The maximum absolute atomic E-state index is 12.2. The molecule has 0 radical (unpaired) electrons. The van der Waals surface area contributed by atoms with Crippen LogP contribution in [0.25, 0.3) is 10.8 Å². The van der Waals surface area contributed by atoms with Crippen LogP contribution in [-0.4, -0.2) is 35.3 Å². The smallest absolute Gasteiger partial charge is 0.322 e. The molecular weight excluding hydrogens is 388 g/mol. The second-order valence-electron chi connectivity index (χ2n) is 5.84. The summed E-state index contributed by atoms with van der Waals surface area (Å²) in [5.41, 5.74) is 0.783. The van der Waals surface area contributed by atoms with Gasteiger partial charge in [0.05, 0.1) is 21.3 Å². The molecular formula is C17H18N4O4S2. The van der Waals surface area contributed by atoms with Crippen LogP contribution in [0.3, 0.4) is 0 Å². The molecule has 3 aromatic rings. The van der Waals surface area contributed by atoms with Gasteiger partial charge < -0.3 is 4.42 Å². The summed E-state index contributed by atoms with van der Waals surface area (Å²) in [5, 5.41) is 11.1. The molecule has 0 aliphatic heterocycles. The minimum Gasteiger partial charge on any atom is -0.402 e. The molecule has 0 fully saturated rings. The van der Waals surface area contributed by atoms with Gasteiger partial charge in [-0.25, -0.2) is 13.4 Å². The SMILES string of the molecule is Cc1nc(C)c(-c2nnc(NC(=O)CCCS(=O)(=O)c3ccccc3)o2)s1. The van der Waals surface area contributed by atoms with Crippen LogP contribution in [0.1, 0.15) is 23.5 Å². The van der Waals surface area contributed by atoms with E-state index in [0.29, 0.717) is 5.89 Å². The molecule has 8 nitrogen and oxygen atoms in total. The lowest BCUT2D eigenvalue weighted by atomic mass is 10.3. The summed E-state index contributed by atoms with van der Waals surface area (Å²) in [6, 6.07) is 8.14. The van der Waals surface area contributed by atoms with E-state index in [-0.39, 0.29) is 35.4 Å². The summed E-state index contributed by atoms with van der Waals surface area (Å²) in [7, 11) is -3.40. The van der Waals surface area contributed by atoms with Gasteiger partial charge >= 0.3 is 6.01 Å². The summed E-state index contributed by atoms with van der Waals surface area (Å²) >= 11 is 1.43. The number of sulfone groups is 1. The minimum absolute atomic E-state index is 0.0219. The van der Waals surface area contributed by atoms with Crippen LogP contribution in [0.15, 0.2) is 39.6 Å². The van der Waals surface area contributed by atoms with Crippen molar-refractivity contribution in [1.29, 1.82) is 0 Å². The Hall–Kier alpha value is -2.59. The van der Waals surface area contributed by atoms with Crippen molar-refractivity contribution in [1.82, 2.24) is 15.2 Å². The first-order valence-electron chi connectivity index (χ1n) is 8.21. The van der Waals surface area contributed by atoms with Crippen LogP contribution in [0.5, 0.6) is 0 Å². The highest BCUT2D eigenvalue weighted by Crippen LogP contribution is 2.29. The fourth-order valence-corrected chi connectivity index (χ4v) is 4.62. The molecule has 1 amide bonds. The number of hydrogen-bond donors (Lipinski definition) is 1. The van der Waals surface area contributed by atoms with Crippen LogP contribution in [0.2, 0.25) is 0 Å². The lowest BCUT2D eigenvalue weighted by Gasteiger charge is -2.04. The minimum atomic E-state index is -3.40. The van der Waals surface area contributed by atoms with E-state index in [4.69, 9.17) is 4.42 Å². The molecule has 3 rings (SSSR count). The van der Waals surface area contributed by atoms with Gasteiger partial charge in [-0.2, -0.15) is 0 Å². The third-order valence-corrected chi connectivity index (χ3v) is 6.57. The Labute approximate surface area is 160 Å². The Morgan fingerprint density at radius 1 is 1.19 bits per heavy atom. The number of rotatable bonds is 7. The van der Waals surface area contributed by atoms with Crippen LogP contribution in [-0.2, 0) is 14.6 Å². The Balaban J connectivity index is 1.54. The molecule has 0 aliphatic rings. The van der Waals surface area contributed by atoms with E-state index >= 15 is 0 Å². The maximum atomic E-state index is 12.2. The number of amides is 1. The van der Waals surface area contributed by atoms with Crippen molar-refractivity contribution in [2.45, 2.75) is 31.6 Å². The molecule has 0 saturated carbocycles. The molecule has 10 heteroatoms. The van der Waals surface area contributed by atoms with Crippen molar-refractivity contribution >= 4 is 33.1 Å². The summed E-state index contributed by atoms with van der Waals surface area (Å²) in [6.45, 7) is 3.72. The predicted molar refractivity (Wildman–Crippen MR) is 101 cm³/mol. The number of aryl methyl sites for hydroxylation is 2. The number of nitrogens with zero attached hydrogens (tertiary/aromatic N) is 3. The first-order chi connectivity index (χ1) is 12.8. The second-order valence-corrected chi connectivity index (χ2v) is 9.16. The van der Waals surface area contributed by atoms with Crippen molar-refractivity contribution in [3.63, 3.8) is 0 Å². The van der Waals surface area contributed by atoms with Gasteiger partial charge in [0.15, 0.2) is 9.84 Å². The van der Waals surface area contributed by atoms with Gasteiger partial charge in [-0.15, -0.1) is 16.4 Å². The molecule has 1 N–H and O–H groups in total. The van der Waals surface area contributed by atoms with Crippen LogP contribution in [0.4, 0.5) is 6.01 Å². The van der Waals surface area contributed by atoms with Gasteiger partial charge in [-0.1, -0.05) is 23.3 Å². The van der Waals surface area contributed by atoms with Crippen molar-refractivity contribution in [3.05, 3.63) is 41.0 Å². The van der Waals surface area contributed by atoms with E-state index in [9.17, 15) is 13.2 Å². The first kappa shape index (κ1) is 19.2. The number of nitrogens with one attached hydrogen (secondary N) is 1. The topological polar surface area (TPSA) is 115 Å². The van der Waals surface area contributed by atoms with Crippen LogP contribution in [0, 0.1) is 13.8 Å². The van der Waals surface area contributed by atoms with Gasteiger partial charge in [0.1, 0.15) is 4.88 Å². The van der Waals surface area contributed by atoms with Crippen molar-refractivity contribution < 1.29 is 17.6 Å². The highest BCUT2D eigenvalue weighted by Gasteiger charge is 2.17. The van der Waals surface area contributed by atoms with Crippen molar-refractivity contribution in [2.24, 2.45) is 0 Å². The van der Waals surface area contributed by atoms with E-state index < -0.39 is 9.84 Å². The second kappa shape index (κ2) is 7.97. The van der Waals surface area contributed by atoms with Gasteiger partial charge in [0.25, 0.3) is 5.89 Å². The predicted octanol–water partition coefficient (Wildman–Crippen LogP) is 3.00. The quantitative estimate of drug-likeness (QED) is 0.641. The Morgan fingerprint density at radius 2 is 1.93 bits per heavy atom. The van der Waals surface area contributed by atoms with Gasteiger partial charge in [0, 0.05) is 6.42 Å². The lowest BCUT2D eigenvalue weighted by molar-refractivity contribution is -0.116. The summed E-state index contributed by atoms with van der Waals surface area (Å²) in [6.07, 6.45) is 0.222. The zero-order chi connectivity index (χ0) is 19.4. The van der Waals surface area contributed by atoms with E-state index in [1.807, 2.05) is 13.8 Å². The lowest BCUT2D eigenvalue weighted by Crippen LogP contribution is -2.14. The highest BCUT2D eigenvalue weighted by molar-refractivity contribution is 7.91. The number of aromatic nitrogens is 3. The van der Waals surface area contributed by atoms with Crippen LogP contribution >= 0.6 is 11.3 Å². The maximum Gasteiger partial charge on any atom is 0.322 e. The average Bonchev–Trinajstić information content (AvgIpc) is 3.21. The first-order valence-corrected chi connectivity index (χ1v) is 10.7. The van der Waals surface area contributed by atoms with Crippen LogP contribution < -0.4 is 5.32 Å². The average molecular weight is 406 g/mol. The largest absolute Gasteiger partial charge is 0.402 e. The Bertz CT molecular complexity index is 1040. The van der Waals surface area contributed by atoms with E-state index in [2.05, 4.69) is 20.5 Å². The summed E-state index contributed by atoms with van der Waals surface area (Å²) in [4.78, 5) is 17.3. The number of benzene rings is 1. The number of anilines is 1. The third kappa shape index (κ3) is 4.77. The fourth-order valence-electron chi connectivity index (χ4n) is 2.45. The monoisotopic (exact) mass is 406 g/mol. The molecule has 1 aromatic carbocycles. The normalized spacial score (nSPS) is 11.5. The molecule has 0 spiro atoms. The van der Waals surface area contributed by atoms with E-state index in [1.165, 1.54) is 11.3 Å². The van der Waals surface area contributed by atoms with Crippen molar-refractivity contribution in [3.8, 4) is 10.8 Å². The molecule has 142 valence electrons. The van der Waals surface area contributed by atoms with Crippen molar-refractivity contribution in [2.75, 3.05) is 11.1 Å². The van der Waals surface area contributed by atoms with E-state index in [0.717, 1.165) is 15.6 Å². The summed E-state index contributed by atoms with van der Waals surface area (Å²) < 4.78 is 29.8. The Kier molecular flexibility index (Phi) is 5.66. The molecule has 2 aromatic heterocycles. The van der Waals surface area contributed by atoms with Gasteiger partial charge in [0.2, 0.25) is 5.91 Å². The molecule has 2 heterocycles. The van der Waals surface area contributed by atoms with Gasteiger partial charge in [-0.3, -0.25) is 10.1 Å². The number of hydrogen-bond acceptors (Lipinski definition) is 8. The summed E-state index contributed by atoms with van der Waals surface area (Å²) in [5.74, 6) is -0.204. The Morgan fingerprint density at radius 3 is 2.59 bits per heavy atom. The number of thiazole rings is 1. The molecule has 0 unspecified atom stereocenters. The third-order valence-electron chi connectivity index (χ3n) is 3.69. The van der Waals surface area contributed by atoms with E-state index in [1.54, 1.807) is 30.3 Å². The molecule has 0 saturated heterocycles. The standard InChI is InChI=1S/C17H18N4O4S2/c1-11-15(26-12(2)18-11)16-20-21-17(25-16)19-14(22)9-6-10-27(23,24)13-7-4-3-5-8-13/h3-5,7-8H,6,9-10H2,1-2H3,(H,19,21,22). The number of carbonyl (C=O) groups is 1. The fraction of sp³-hybridized carbons (Fsp3) is 0.294. The molecule has 0 bridgehead atoms. The molecule has 0 aliphatic carbocycles.